The van der Waals surface area contributed by atoms with Crippen LogP contribution in [-0.2, 0) is 4.79 Å². The molecule has 1 aliphatic rings. The fraction of sp³-hybridized carbons (Fsp3) is 0.917. The molecule has 0 heterocycles. The Bertz CT molecular complexity index is 202. The van der Waals surface area contributed by atoms with Crippen molar-refractivity contribution in [2.75, 3.05) is 13.1 Å². The lowest BCUT2D eigenvalue weighted by Gasteiger charge is -2.27. The van der Waals surface area contributed by atoms with Crippen molar-refractivity contribution in [2.45, 2.75) is 52.0 Å². The third-order valence-electron chi connectivity index (χ3n) is 3.46. The Hall–Kier alpha value is -0.570. The van der Waals surface area contributed by atoms with Gasteiger partial charge in [0.15, 0.2) is 0 Å². The number of carbonyl (C=O) groups excluding carboxylic acids is 1. The standard InChI is InChI=1S/C12H24N2O/c1-3-14(4-2)12(15)10-8-6-5-7-9-11(10)13/h10-11H,3-9,13H2,1-2H3. The van der Waals surface area contributed by atoms with Gasteiger partial charge in [0.2, 0.25) is 5.91 Å². The molecule has 0 saturated heterocycles. The van der Waals surface area contributed by atoms with E-state index in [1.165, 1.54) is 12.8 Å². The van der Waals surface area contributed by atoms with Crippen LogP contribution < -0.4 is 5.73 Å². The zero-order chi connectivity index (χ0) is 11.3. The van der Waals surface area contributed by atoms with Crippen molar-refractivity contribution < 1.29 is 4.79 Å². The highest BCUT2D eigenvalue weighted by Crippen LogP contribution is 2.23. The van der Waals surface area contributed by atoms with E-state index in [-0.39, 0.29) is 17.9 Å². The van der Waals surface area contributed by atoms with Gasteiger partial charge in [0.25, 0.3) is 0 Å². The minimum Gasteiger partial charge on any atom is -0.343 e. The van der Waals surface area contributed by atoms with Gasteiger partial charge in [-0.05, 0) is 26.7 Å². The molecule has 0 aromatic rings. The normalized spacial score (nSPS) is 27.1. The van der Waals surface area contributed by atoms with E-state index in [0.717, 1.165) is 32.4 Å². The number of hydrogen-bond acceptors (Lipinski definition) is 2. The monoisotopic (exact) mass is 212 g/mol. The van der Waals surface area contributed by atoms with Crippen LogP contribution in [0, 0.1) is 5.92 Å². The Labute approximate surface area is 93.0 Å². The second kappa shape index (κ2) is 6.11. The molecule has 1 aliphatic carbocycles. The molecule has 0 spiro atoms. The number of carbonyl (C=O) groups is 1. The molecule has 0 aromatic heterocycles. The Balaban J connectivity index is 2.62. The van der Waals surface area contributed by atoms with Crippen molar-refractivity contribution in [1.29, 1.82) is 0 Å². The first kappa shape index (κ1) is 12.5. The maximum absolute atomic E-state index is 12.2. The van der Waals surface area contributed by atoms with E-state index >= 15 is 0 Å². The highest BCUT2D eigenvalue weighted by Gasteiger charge is 2.29. The zero-order valence-electron chi connectivity index (χ0n) is 10.0. The van der Waals surface area contributed by atoms with E-state index in [2.05, 4.69) is 0 Å². The number of rotatable bonds is 3. The van der Waals surface area contributed by atoms with Gasteiger partial charge in [0.05, 0.1) is 5.92 Å². The minimum absolute atomic E-state index is 0.0763. The van der Waals surface area contributed by atoms with Crippen LogP contribution in [0.2, 0.25) is 0 Å². The van der Waals surface area contributed by atoms with Crippen molar-refractivity contribution >= 4 is 5.91 Å². The van der Waals surface area contributed by atoms with E-state index in [4.69, 9.17) is 5.73 Å². The van der Waals surface area contributed by atoms with Crippen molar-refractivity contribution in [3.8, 4) is 0 Å². The molecule has 3 nitrogen and oxygen atoms in total. The second-order valence-corrected chi connectivity index (χ2v) is 4.42. The van der Waals surface area contributed by atoms with E-state index in [9.17, 15) is 4.79 Å². The van der Waals surface area contributed by atoms with Crippen LogP contribution in [0.5, 0.6) is 0 Å². The molecule has 1 rings (SSSR count). The molecule has 3 heteroatoms. The zero-order valence-corrected chi connectivity index (χ0v) is 10.0. The molecule has 1 amide bonds. The van der Waals surface area contributed by atoms with Crippen molar-refractivity contribution in [3.63, 3.8) is 0 Å². The molecule has 2 N–H and O–H groups in total. The molecule has 88 valence electrons. The maximum Gasteiger partial charge on any atom is 0.227 e. The van der Waals surface area contributed by atoms with Crippen LogP contribution in [0.3, 0.4) is 0 Å². The van der Waals surface area contributed by atoms with Crippen LogP contribution >= 0.6 is 0 Å². The third-order valence-corrected chi connectivity index (χ3v) is 3.46. The third kappa shape index (κ3) is 3.20. The lowest BCUT2D eigenvalue weighted by Crippen LogP contribution is -2.43. The number of nitrogens with zero attached hydrogens (tertiary/aromatic N) is 1. The number of nitrogens with two attached hydrogens (primary N) is 1. The van der Waals surface area contributed by atoms with Gasteiger partial charge in [0.1, 0.15) is 0 Å². The largest absolute Gasteiger partial charge is 0.343 e. The minimum atomic E-state index is 0.0763. The first-order valence-corrected chi connectivity index (χ1v) is 6.25. The lowest BCUT2D eigenvalue weighted by molar-refractivity contribution is -0.136. The van der Waals surface area contributed by atoms with Gasteiger partial charge in [-0.15, -0.1) is 0 Å². The molecule has 2 atom stereocenters. The predicted octanol–water partition coefficient (Wildman–Crippen LogP) is 1.76. The Morgan fingerprint density at radius 2 is 1.80 bits per heavy atom. The highest BCUT2D eigenvalue weighted by molar-refractivity contribution is 5.79. The van der Waals surface area contributed by atoms with E-state index in [0.29, 0.717) is 0 Å². The molecule has 0 aromatic carbocycles. The number of amides is 1. The molecule has 0 bridgehead atoms. The first-order chi connectivity index (χ1) is 7.20. The average molecular weight is 212 g/mol. The Morgan fingerprint density at radius 3 is 2.40 bits per heavy atom. The van der Waals surface area contributed by atoms with E-state index in [1.807, 2.05) is 18.7 Å². The molecule has 2 unspecified atom stereocenters. The average Bonchev–Trinajstić information content (AvgIpc) is 2.44. The van der Waals surface area contributed by atoms with Crippen LogP contribution in [0.15, 0.2) is 0 Å². The van der Waals surface area contributed by atoms with Crippen LogP contribution in [0.1, 0.15) is 46.0 Å². The number of hydrogen-bond donors (Lipinski definition) is 1. The topological polar surface area (TPSA) is 46.3 Å². The summed E-state index contributed by atoms with van der Waals surface area (Å²) in [5.74, 6) is 0.349. The van der Waals surface area contributed by atoms with Crippen molar-refractivity contribution in [2.24, 2.45) is 11.7 Å². The van der Waals surface area contributed by atoms with Gasteiger partial charge in [-0.3, -0.25) is 4.79 Å². The van der Waals surface area contributed by atoms with Gasteiger partial charge in [0, 0.05) is 19.1 Å². The molecular weight excluding hydrogens is 188 g/mol. The summed E-state index contributed by atoms with van der Waals surface area (Å²) in [5, 5.41) is 0. The van der Waals surface area contributed by atoms with Gasteiger partial charge < -0.3 is 10.6 Å². The van der Waals surface area contributed by atoms with Gasteiger partial charge in [-0.25, -0.2) is 0 Å². The summed E-state index contributed by atoms with van der Waals surface area (Å²) in [6, 6.07) is 0.0839. The smallest absolute Gasteiger partial charge is 0.227 e. The Morgan fingerprint density at radius 1 is 1.20 bits per heavy atom. The van der Waals surface area contributed by atoms with Crippen LogP contribution in [0.4, 0.5) is 0 Å². The van der Waals surface area contributed by atoms with Gasteiger partial charge >= 0.3 is 0 Å². The summed E-state index contributed by atoms with van der Waals surface area (Å²) in [6.45, 7) is 5.67. The molecule has 1 fully saturated rings. The first-order valence-electron chi connectivity index (χ1n) is 6.25. The molecular formula is C12H24N2O. The molecule has 15 heavy (non-hydrogen) atoms. The quantitative estimate of drug-likeness (QED) is 0.725. The van der Waals surface area contributed by atoms with Gasteiger partial charge in [-0.2, -0.15) is 0 Å². The fourth-order valence-electron chi connectivity index (χ4n) is 2.41. The fourth-order valence-corrected chi connectivity index (χ4v) is 2.41. The highest BCUT2D eigenvalue weighted by atomic mass is 16.2. The maximum atomic E-state index is 12.2. The SMILES string of the molecule is CCN(CC)C(=O)C1CCCCCC1N. The second-order valence-electron chi connectivity index (χ2n) is 4.42. The van der Waals surface area contributed by atoms with E-state index in [1.54, 1.807) is 0 Å². The molecule has 1 saturated carbocycles. The summed E-state index contributed by atoms with van der Waals surface area (Å²) in [7, 11) is 0. The van der Waals surface area contributed by atoms with Crippen molar-refractivity contribution in [3.05, 3.63) is 0 Å². The van der Waals surface area contributed by atoms with E-state index < -0.39 is 0 Å². The van der Waals surface area contributed by atoms with Crippen LogP contribution in [-0.4, -0.2) is 29.9 Å². The predicted molar refractivity (Wildman–Crippen MR) is 62.5 cm³/mol. The summed E-state index contributed by atoms with van der Waals surface area (Å²) < 4.78 is 0. The van der Waals surface area contributed by atoms with Crippen molar-refractivity contribution in [1.82, 2.24) is 4.90 Å². The summed E-state index contributed by atoms with van der Waals surface area (Å²) in [6.07, 6.45) is 5.57. The Kier molecular flexibility index (Phi) is 5.09. The molecule has 0 radical (unpaired) electrons. The summed E-state index contributed by atoms with van der Waals surface area (Å²) in [4.78, 5) is 14.1. The van der Waals surface area contributed by atoms with Crippen LogP contribution in [0.25, 0.3) is 0 Å². The summed E-state index contributed by atoms with van der Waals surface area (Å²) in [5.41, 5.74) is 6.08. The molecule has 0 aliphatic heterocycles. The van der Waals surface area contributed by atoms with Gasteiger partial charge in [-0.1, -0.05) is 19.3 Å². The summed E-state index contributed by atoms with van der Waals surface area (Å²) >= 11 is 0. The lowest BCUT2D eigenvalue weighted by atomic mass is 9.94.